The van der Waals surface area contributed by atoms with Crippen molar-refractivity contribution >= 4 is 16.8 Å². The van der Waals surface area contributed by atoms with Gasteiger partial charge in [-0.1, -0.05) is 18.2 Å². The van der Waals surface area contributed by atoms with Crippen molar-refractivity contribution < 1.29 is 14.3 Å². The van der Waals surface area contributed by atoms with Crippen LogP contribution in [-0.4, -0.2) is 25.0 Å². The minimum atomic E-state index is -0.256. The maximum Gasteiger partial charge on any atom is 0.253 e. The van der Waals surface area contributed by atoms with Crippen molar-refractivity contribution in [1.82, 2.24) is 10.3 Å². The average Bonchev–Trinajstić information content (AvgIpc) is 2.67. The highest BCUT2D eigenvalue weighted by molar-refractivity contribution is 6.05. The summed E-state index contributed by atoms with van der Waals surface area (Å²) >= 11 is 0. The van der Waals surface area contributed by atoms with Gasteiger partial charge in [-0.3, -0.25) is 9.59 Å². The molecule has 0 aliphatic rings. The number of ether oxygens (including phenoxy) is 2. The van der Waals surface area contributed by atoms with Gasteiger partial charge in [0.05, 0.1) is 23.6 Å². The lowest BCUT2D eigenvalue weighted by Crippen LogP contribution is -2.19. The monoisotopic (exact) mass is 338 g/mol. The van der Waals surface area contributed by atoms with Gasteiger partial charge in [-0.25, -0.2) is 0 Å². The van der Waals surface area contributed by atoms with Crippen LogP contribution >= 0.6 is 0 Å². The van der Waals surface area contributed by atoms with E-state index in [-0.39, 0.29) is 23.7 Å². The van der Waals surface area contributed by atoms with Crippen LogP contribution in [-0.2, 0) is 6.61 Å². The Bertz CT molecular complexity index is 961. The van der Waals surface area contributed by atoms with Crippen molar-refractivity contribution in [2.45, 2.75) is 6.61 Å². The quantitative estimate of drug-likeness (QED) is 0.749. The summed E-state index contributed by atoms with van der Waals surface area (Å²) in [6, 6.07) is 12.4. The number of nitrogens with one attached hydrogen (secondary N) is 2. The molecule has 0 unspecified atom stereocenters. The molecular weight excluding hydrogens is 320 g/mol. The van der Waals surface area contributed by atoms with E-state index in [1.807, 2.05) is 24.3 Å². The molecule has 25 heavy (non-hydrogen) atoms. The number of H-pyrrole nitrogens is 1. The van der Waals surface area contributed by atoms with Gasteiger partial charge in [0.15, 0.2) is 5.75 Å². The molecule has 3 rings (SSSR count). The largest absolute Gasteiger partial charge is 0.497 e. The van der Waals surface area contributed by atoms with Gasteiger partial charge in [-0.15, -0.1) is 0 Å². The number of hydrogen-bond donors (Lipinski definition) is 2. The van der Waals surface area contributed by atoms with Gasteiger partial charge in [-0.2, -0.15) is 0 Å². The second-order valence-corrected chi connectivity index (χ2v) is 5.43. The maximum atomic E-state index is 12.6. The molecule has 1 heterocycles. The number of hydrogen-bond acceptors (Lipinski definition) is 4. The Hall–Kier alpha value is -3.28. The number of para-hydroxylation sites is 1. The fraction of sp³-hybridized carbons (Fsp3) is 0.158. The number of amides is 1. The van der Waals surface area contributed by atoms with E-state index in [4.69, 9.17) is 9.47 Å². The molecule has 1 amide bonds. The van der Waals surface area contributed by atoms with E-state index in [9.17, 15) is 9.59 Å². The first-order chi connectivity index (χ1) is 12.1. The molecule has 0 radical (unpaired) electrons. The van der Waals surface area contributed by atoms with E-state index in [2.05, 4.69) is 10.3 Å². The number of rotatable bonds is 5. The van der Waals surface area contributed by atoms with Gasteiger partial charge in [0.1, 0.15) is 12.4 Å². The van der Waals surface area contributed by atoms with Gasteiger partial charge in [0.25, 0.3) is 5.91 Å². The smallest absolute Gasteiger partial charge is 0.253 e. The fourth-order valence-corrected chi connectivity index (χ4v) is 2.55. The first kappa shape index (κ1) is 16.6. The number of benzene rings is 2. The van der Waals surface area contributed by atoms with Crippen LogP contribution in [0.3, 0.4) is 0 Å². The van der Waals surface area contributed by atoms with Gasteiger partial charge in [0, 0.05) is 13.2 Å². The van der Waals surface area contributed by atoms with Crippen LogP contribution in [0.25, 0.3) is 10.9 Å². The van der Waals surface area contributed by atoms with Crippen molar-refractivity contribution in [3.8, 4) is 11.5 Å². The molecular formula is C19H18N2O4. The minimum Gasteiger partial charge on any atom is -0.497 e. The third-order valence-electron chi connectivity index (χ3n) is 3.91. The summed E-state index contributed by atoms with van der Waals surface area (Å²) in [4.78, 5) is 27.5. The Labute approximate surface area is 144 Å². The SMILES string of the molecule is CNC(=O)c1cccc2c(=O)c(OCc3ccc(OC)cc3)c[nH]c12. The number of pyridine rings is 1. The first-order valence-electron chi connectivity index (χ1n) is 7.76. The molecule has 0 bridgehead atoms. The average molecular weight is 338 g/mol. The fourth-order valence-electron chi connectivity index (χ4n) is 2.55. The molecule has 0 aliphatic carbocycles. The number of carbonyl (C=O) groups excluding carboxylic acids is 1. The second kappa shape index (κ2) is 7.09. The third kappa shape index (κ3) is 3.33. The van der Waals surface area contributed by atoms with Crippen LogP contribution in [0.15, 0.2) is 53.5 Å². The second-order valence-electron chi connectivity index (χ2n) is 5.43. The minimum absolute atomic E-state index is 0.206. The van der Waals surface area contributed by atoms with Gasteiger partial charge in [-0.05, 0) is 29.8 Å². The van der Waals surface area contributed by atoms with Crippen molar-refractivity contribution in [1.29, 1.82) is 0 Å². The van der Waals surface area contributed by atoms with Gasteiger partial charge >= 0.3 is 0 Å². The molecule has 0 aliphatic heterocycles. The lowest BCUT2D eigenvalue weighted by molar-refractivity contribution is 0.0964. The molecule has 2 aromatic carbocycles. The Morgan fingerprint density at radius 1 is 1.16 bits per heavy atom. The highest BCUT2D eigenvalue weighted by Crippen LogP contribution is 2.18. The van der Waals surface area contributed by atoms with Crippen LogP contribution < -0.4 is 20.2 Å². The van der Waals surface area contributed by atoms with Gasteiger partial charge < -0.3 is 19.8 Å². The molecule has 6 heteroatoms. The van der Waals surface area contributed by atoms with E-state index in [0.29, 0.717) is 16.5 Å². The lowest BCUT2D eigenvalue weighted by Gasteiger charge is -2.09. The molecule has 6 nitrogen and oxygen atoms in total. The Kier molecular flexibility index (Phi) is 4.70. The molecule has 1 aromatic heterocycles. The Balaban J connectivity index is 1.88. The number of methoxy groups -OCH3 is 1. The summed E-state index contributed by atoms with van der Waals surface area (Å²) in [5.41, 5.74) is 1.56. The van der Waals surface area contributed by atoms with Crippen molar-refractivity contribution in [2.24, 2.45) is 0 Å². The third-order valence-corrected chi connectivity index (χ3v) is 3.91. The van der Waals surface area contributed by atoms with Gasteiger partial charge in [0.2, 0.25) is 5.43 Å². The molecule has 2 N–H and O–H groups in total. The van der Waals surface area contributed by atoms with Crippen molar-refractivity contribution in [3.05, 3.63) is 70.0 Å². The van der Waals surface area contributed by atoms with Crippen molar-refractivity contribution in [2.75, 3.05) is 14.2 Å². The predicted molar refractivity (Wildman–Crippen MR) is 95.3 cm³/mol. The van der Waals surface area contributed by atoms with Crippen LogP contribution in [0.5, 0.6) is 11.5 Å². The molecule has 0 saturated heterocycles. The Morgan fingerprint density at radius 3 is 2.60 bits per heavy atom. The van der Waals surface area contributed by atoms with E-state index in [0.717, 1.165) is 11.3 Å². The number of aromatic amines is 1. The van der Waals surface area contributed by atoms with Crippen LogP contribution in [0, 0.1) is 0 Å². The zero-order valence-corrected chi connectivity index (χ0v) is 14.0. The van der Waals surface area contributed by atoms with E-state index >= 15 is 0 Å². The molecule has 0 spiro atoms. The van der Waals surface area contributed by atoms with E-state index < -0.39 is 0 Å². The Morgan fingerprint density at radius 2 is 1.92 bits per heavy atom. The topological polar surface area (TPSA) is 80.4 Å². The zero-order chi connectivity index (χ0) is 17.8. The molecule has 0 fully saturated rings. The van der Waals surface area contributed by atoms with Crippen LogP contribution in [0.4, 0.5) is 0 Å². The van der Waals surface area contributed by atoms with Crippen LogP contribution in [0.1, 0.15) is 15.9 Å². The predicted octanol–water partition coefficient (Wildman–Crippen LogP) is 2.48. The lowest BCUT2D eigenvalue weighted by atomic mass is 10.1. The number of fused-ring (bicyclic) bond motifs is 1. The molecule has 0 saturated carbocycles. The first-order valence-corrected chi connectivity index (χ1v) is 7.76. The molecule has 128 valence electrons. The van der Waals surface area contributed by atoms with Crippen LogP contribution in [0.2, 0.25) is 0 Å². The zero-order valence-electron chi connectivity index (χ0n) is 14.0. The van der Waals surface area contributed by atoms with Crippen molar-refractivity contribution in [3.63, 3.8) is 0 Å². The highest BCUT2D eigenvalue weighted by atomic mass is 16.5. The number of aromatic nitrogens is 1. The molecule has 3 aromatic rings. The summed E-state index contributed by atoms with van der Waals surface area (Å²) in [7, 11) is 3.15. The standard InChI is InChI=1S/C19H18N2O4/c1-20-19(23)15-5-3-4-14-17(15)21-10-16(18(14)22)25-11-12-6-8-13(24-2)9-7-12/h3-10H,11H2,1-2H3,(H,20,23)(H,21,22). The summed E-state index contributed by atoms with van der Waals surface area (Å²) in [5, 5.41) is 2.97. The summed E-state index contributed by atoms with van der Waals surface area (Å²) < 4.78 is 10.8. The summed E-state index contributed by atoms with van der Waals surface area (Å²) in [5.74, 6) is 0.708. The normalized spacial score (nSPS) is 10.5. The van der Waals surface area contributed by atoms with E-state index in [1.54, 1.807) is 32.4 Å². The molecule has 0 atom stereocenters. The highest BCUT2D eigenvalue weighted by Gasteiger charge is 2.13. The summed E-state index contributed by atoms with van der Waals surface area (Å²) in [6.07, 6.45) is 1.49. The maximum absolute atomic E-state index is 12.6. The summed E-state index contributed by atoms with van der Waals surface area (Å²) in [6.45, 7) is 0.258. The van der Waals surface area contributed by atoms with E-state index in [1.165, 1.54) is 6.20 Å². The number of carbonyl (C=O) groups is 1.